The van der Waals surface area contributed by atoms with Crippen molar-refractivity contribution in [3.8, 4) is 5.88 Å². The monoisotopic (exact) mass is 441 g/mol. The van der Waals surface area contributed by atoms with Gasteiger partial charge in [-0.15, -0.1) is 0 Å². The van der Waals surface area contributed by atoms with Crippen LogP contribution in [0.15, 0.2) is 42.9 Å². The van der Waals surface area contributed by atoms with E-state index in [-0.39, 0.29) is 23.8 Å². The molecule has 1 aliphatic heterocycles. The highest BCUT2D eigenvalue weighted by Crippen LogP contribution is 2.25. The van der Waals surface area contributed by atoms with Crippen LogP contribution in [0, 0.1) is 6.92 Å². The number of aromatic nitrogens is 3. The van der Waals surface area contributed by atoms with Crippen LogP contribution in [0.4, 0.5) is 0 Å². The number of imidazole rings is 1. The fourth-order valence-electron chi connectivity index (χ4n) is 4.01. The Morgan fingerprint density at radius 1 is 1.32 bits per heavy atom. The number of nitrogens with zero attached hydrogens (tertiary/aromatic N) is 4. The summed E-state index contributed by atoms with van der Waals surface area (Å²) in [5.74, 6) is 0.349. The molecule has 1 amide bonds. The third-order valence-corrected chi connectivity index (χ3v) is 6.16. The van der Waals surface area contributed by atoms with E-state index in [1.165, 1.54) is 0 Å². The molecule has 0 N–H and O–H groups in total. The third-order valence-electron chi connectivity index (χ3n) is 5.63. The molecule has 1 saturated heterocycles. The predicted octanol–water partition coefficient (Wildman–Crippen LogP) is 2.53. The van der Waals surface area contributed by atoms with Gasteiger partial charge in [0.1, 0.15) is 6.10 Å². The molecule has 3 aromatic rings. The Balaban J connectivity index is 1.53. The highest BCUT2D eigenvalue weighted by molar-refractivity contribution is 7.79. The van der Waals surface area contributed by atoms with Gasteiger partial charge in [-0.3, -0.25) is 9.00 Å². The van der Waals surface area contributed by atoms with Crippen molar-refractivity contribution in [2.75, 3.05) is 12.3 Å². The predicted molar refractivity (Wildman–Crippen MR) is 116 cm³/mol. The Morgan fingerprint density at radius 2 is 2.13 bits per heavy atom. The fraction of sp³-hybridized carbons (Fsp3) is 0.409. The summed E-state index contributed by atoms with van der Waals surface area (Å²) in [6.07, 6.45) is 7.14. The van der Waals surface area contributed by atoms with Gasteiger partial charge < -0.3 is 18.6 Å². The number of aryl methyl sites for hydroxylation is 2. The number of benzene rings is 1. The molecule has 3 atom stereocenters. The van der Waals surface area contributed by atoms with Gasteiger partial charge >= 0.3 is 0 Å². The van der Waals surface area contributed by atoms with Gasteiger partial charge in [-0.05, 0) is 44.7 Å². The number of amides is 1. The van der Waals surface area contributed by atoms with Crippen LogP contribution >= 0.6 is 0 Å². The van der Waals surface area contributed by atoms with E-state index in [1.807, 2.05) is 47.7 Å². The molecule has 8 nitrogen and oxygen atoms in total. The minimum Gasteiger partial charge on any atom is -0.772 e. The quantitative estimate of drug-likeness (QED) is 0.545. The molecule has 1 aliphatic rings. The zero-order valence-corrected chi connectivity index (χ0v) is 18.4. The van der Waals surface area contributed by atoms with E-state index in [9.17, 15) is 13.6 Å². The van der Waals surface area contributed by atoms with Gasteiger partial charge in [0.2, 0.25) is 5.65 Å². The number of hydrogen-bond donors (Lipinski definition) is 0. The van der Waals surface area contributed by atoms with E-state index in [0.29, 0.717) is 30.1 Å². The van der Waals surface area contributed by atoms with Crippen molar-refractivity contribution in [3.63, 3.8) is 0 Å². The highest BCUT2D eigenvalue weighted by atomic mass is 32.2. The van der Waals surface area contributed by atoms with Crippen LogP contribution in [0.1, 0.15) is 41.4 Å². The Morgan fingerprint density at radius 3 is 2.94 bits per heavy atom. The number of ether oxygens (including phenoxy) is 1. The van der Waals surface area contributed by atoms with Crippen molar-refractivity contribution in [2.24, 2.45) is 0 Å². The summed E-state index contributed by atoms with van der Waals surface area (Å²) in [7, 11) is 0. The molecule has 3 heterocycles. The van der Waals surface area contributed by atoms with Gasteiger partial charge in [-0.1, -0.05) is 29.3 Å². The maximum absolute atomic E-state index is 13.4. The van der Waals surface area contributed by atoms with Crippen molar-refractivity contribution < 1.29 is 18.3 Å². The van der Waals surface area contributed by atoms with Crippen molar-refractivity contribution >= 4 is 22.6 Å². The molecular weight excluding hydrogens is 416 g/mol. The molecule has 2 aromatic heterocycles. The number of fused-ring (bicyclic) bond motifs is 1. The maximum Gasteiger partial charge on any atom is 0.258 e. The standard InChI is InChI=1S/C22H26N4O4S/c1-15-13-25-11-10-23-21(20(25)24-15)30-18-8-7-16(2)26(14-18)22(27)19-6-4-3-5-17(19)9-12-31(28)29/h3-6,10-11,13,16,18H,7-9,12,14H2,1-2H3,(H,28,29)/p-1/t16-,18-/m1/s1. The van der Waals surface area contributed by atoms with E-state index in [1.54, 1.807) is 18.3 Å². The van der Waals surface area contributed by atoms with E-state index in [4.69, 9.17) is 4.74 Å². The van der Waals surface area contributed by atoms with E-state index in [2.05, 4.69) is 9.97 Å². The van der Waals surface area contributed by atoms with Gasteiger partial charge in [-0.25, -0.2) is 9.97 Å². The van der Waals surface area contributed by atoms with Crippen LogP contribution in [0.5, 0.6) is 5.88 Å². The lowest BCUT2D eigenvalue weighted by atomic mass is 9.98. The summed E-state index contributed by atoms with van der Waals surface area (Å²) in [5, 5.41) is 0. The molecule has 1 aromatic carbocycles. The smallest absolute Gasteiger partial charge is 0.258 e. The molecule has 4 rings (SSSR count). The number of piperidine rings is 1. The zero-order valence-electron chi connectivity index (χ0n) is 17.6. The molecular formula is C22H25N4O4S-. The molecule has 1 fully saturated rings. The Labute approximate surface area is 183 Å². The van der Waals surface area contributed by atoms with Crippen molar-refractivity contribution in [2.45, 2.75) is 45.3 Å². The molecule has 9 heteroatoms. The van der Waals surface area contributed by atoms with Crippen LogP contribution in [0.3, 0.4) is 0 Å². The number of rotatable bonds is 6. The SMILES string of the molecule is Cc1cn2ccnc(O[C@@H]3CC[C@@H](C)N(C(=O)c4ccccc4CCS(=O)[O-])C3)c2n1. The van der Waals surface area contributed by atoms with Crippen molar-refractivity contribution in [3.05, 3.63) is 59.7 Å². The lowest BCUT2D eigenvalue weighted by Crippen LogP contribution is -2.49. The zero-order chi connectivity index (χ0) is 22.0. The van der Waals surface area contributed by atoms with E-state index >= 15 is 0 Å². The van der Waals surface area contributed by atoms with Crippen molar-refractivity contribution in [1.29, 1.82) is 0 Å². The molecule has 0 radical (unpaired) electrons. The van der Waals surface area contributed by atoms with Crippen LogP contribution < -0.4 is 4.74 Å². The molecule has 0 aliphatic carbocycles. The van der Waals surface area contributed by atoms with Gasteiger partial charge in [0.25, 0.3) is 11.8 Å². The Bertz CT molecular complexity index is 1120. The molecule has 0 spiro atoms. The minimum absolute atomic E-state index is 0.00894. The average Bonchev–Trinajstić information content (AvgIpc) is 3.14. The fourth-order valence-corrected chi connectivity index (χ4v) is 4.39. The van der Waals surface area contributed by atoms with Crippen molar-refractivity contribution in [1.82, 2.24) is 19.3 Å². The first-order valence-corrected chi connectivity index (χ1v) is 11.6. The topological polar surface area (TPSA) is 99.9 Å². The van der Waals surface area contributed by atoms with Crippen LogP contribution in [-0.2, 0) is 17.5 Å². The lowest BCUT2D eigenvalue weighted by Gasteiger charge is -2.38. The second-order valence-corrected chi connectivity index (χ2v) is 8.90. The van der Waals surface area contributed by atoms with Crippen LogP contribution in [0.2, 0.25) is 0 Å². The van der Waals surface area contributed by atoms with E-state index < -0.39 is 11.1 Å². The number of carbonyl (C=O) groups is 1. The summed E-state index contributed by atoms with van der Waals surface area (Å²) in [5.41, 5.74) is 2.82. The summed E-state index contributed by atoms with van der Waals surface area (Å²) >= 11 is -2.15. The van der Waals surface area contributed by atoms with Gasteiger partial charge in [-0.2, -0.15) is 0 Å². The van der Waals surface area contributed by atoms with Gasteiger partial charge in [0, 0.05) is 35.9 Å². The second-order valence-electron chi connectivity index (χ2n) is 7.88. The first-order chi connectivity index (χ1) is 14.9. The Hall–Kier alpha value is -2.78. The van der Waals surface area contributed by atoms with Crippen LogP contribution in [0.25, 0.3) is 5.65 Å². The summed E-state index contributed by atoms with van der Waals surface area (Å²) in [4.78, 5) is 24.0. The summed E-state index contributed by atoms with van der Waals surface area (Å²) < 4.78 is 30.1. The molecule has 31 heavy (non-hydrogen) atoms. The normalized spacial score (nSPS) is 20.0. The van der Waals surface area contributed by atoms with Gasteiger partial charge in [0.15, 0.2) is 0 Å². The molecule has 164 valence electrons. The third kappa shape index (κ3) is 4.77. The van der Waals surface area contributed by atoms with Gasteiger partial charge in [0.05, 0.1) is 12.2 Å². The highest BCUT2D eigenvalue weighted by Gasteiger charge is 2.32. The minimum atomic E-state index is -2.15. The molecule has 0 saturated carbocycles. The molecule has 1 unspecified atom stereocenters. The summed E-state index contributed by atoms with van der Waals surface area (Å²) in [6.45, 7) is 4.38. The first kappa shape index (κ1) is 21.5. The maximum atomic E-state index is 13.4. The summed E-state index contributed by atoms with van der Waals surface area (Å²) in [6, 6.07) is 7.26. The number of likely N-dealkylation sites (tertiary alicyclic amines) is 1. The number of hydrogen-bond acceptors (Lipinski definition) is 6. The second kappa shape index (κ2) is 9.15. The van der Waals surface area contributed by atoms with Crippen LogP contribution in [-0.4, -0.2) is 58.4 Å². The average molecular weight is 442 g/mol. The largest absolute Gasteiger partial charge is 0.772 e. The number of carbonyl (C=O) groups excluding carboxylic acids is 1. The Kier molecular flexibility index (Phi) is 6.33. The lowest BCUT2D eigenvalue weighted by molar-refractivity contribution is 0.0375. The van der Waals surface area contributed by atoms with E-state index in [0.717, 1.165) is 24.1 Å². The molecule has 0 bridgehead atoms. The first-order valence-electron chi connectivity index (χ1n) is 10.3.